The van der Waals surface area contributed by atoms with Crippen LogP contribution in [-0.2, 0) is 0 Å². The van der Waals surface area contributed by atoms with Crippen molar-refractivity contribution in [1.82, 2.24) is 14.8 Å². The minimum absolute atomic E-state index is 0.146. The number of aryl methyl sites for hydroxylation is 2. The standard InChI is InChI=1S/C23H30ClN3OS/c1-16-15-18(24)7-8-20(16)22-25-17(2)21(29-22)23(28)27-13-9-19(10-14-27)26-11-5-3-4-6-12-26/h7-8,15,19H,3-6,9-14H2,1-2H3. The fraction of sp³-hybridized carbons (Fsp3) is 0.565. The first-order valence-electron chi connectivity index (χ1n) is 10.8. The number of halogens is 1. The second-order valence-electron chi connectivity index (χ2n) is 8.37. The zero-order chi connectivity index (χ0) is 20.4. The van der Waals surface area contributed by atoms with Crippen LogP contribution in [0.15, 0.2) is 18.2 Å². The minimum Gasteiger partial charge on any atom is -0.338 e. The summed E-state index contributed by atoms with van der Waals surface area (Å²) >= 11 is 7.60. The summed E-state index contributed by atoms with van der Waals surface area (Å²) in [5.41, 5.74) is 2.98. The first kappa shape index (κ1) is 20.8. The molecule has 2 aromatic rings. The molecule has 0 bridgehead atoms. The summed E-state index contributed by atoms with van der Waals surface area (Å²) in [6, 6.07) is 6.47. The summed E-state index contributed by atoms with van der Waals surface area (Å²) in [4.78, 5) is 23.4. The Morgan fingerprint density at radius 2 is 1.76 bits per heavy atom. The molecule has 4 nitrogen and oxygen atoms in total. The lowest BCUT2D eigenvalue weighted by Crippen LogP contribution is -2.47. The van der Waals surface area contributed by atoms with E-state index in [4.69, 9.17) is 16.6 Å². The third kappa shape index (κ3) is 4.68. The molecule has 0 aliphatic carbocycles. The molecule has 0 radical (unpaired) electrons. The molecule has 156 valence electrons. The van der Waals surface area contributed by atoms with E-state index < -0.39 is 0 Å². The van der Waals surface area contributed by atoms with E-state index in [9.17, 15) is 4.79 Å². The number of rotatable bonds is 3. The van der Waals surface area contributed by atoms with Gasteiger partial charge in [-0.05, 0) is 70.3 Å². The van der Waals surface area contributed by atoms with Crippen molar-refractivity contribution in [2.24, 2.45) is 0 Å². The van der Waals surface area contributed by atoms with Crippen molar-refractivity contribution in [1.29, 1.82) is 0 Å². The summed E-state index contributed by atoms with van der Waals surface area (Å²) in [7, 11) is 0. The van der Waals surface area contributed by atoms with Gasteiger partial charge in [-0.15, -0.1) is 11.3 Å². The van der Waals surface area contributed by atoms with Crippen molar-refractivity contribution < 1.29 is 4.79 Å². The average Bonchev–Trinajstić information content (AvgIpc) is 2.92. The zero-order valence-corrected chi connectivity index (χ0v) is 19.0. The monoisotopic (exact) mass is 431 g/mol. The van der Waals surface area contributed by atoms with Crippen molar-refractivity contribution in [3.63, 3.8) is 0 Å². The summed E-state index contributed by atoms with van der Waals surface area (Å²) in [5, 5.41) is 1.63. The number of thiazole rings is 1. The molecule has 0 atom stereocenters. The van der Waals surface area contributed by atoms with Crippen LogP contribution in [-0.4, -0.2) is 52.9 Å². The fourth-order valence-corrected chi connectivity index (χ4v) is 5.97. The molecule has 0 unspecified atom stereocenters. The summed E-state index contributed by atoms with van der Waals surface area (Å²) in [6.45, 7) is 8.15. The second kappa shape index (κ2) is 9.15. The molecule has 2 fully saturated rings. The van der Waals surface area contributed by atoms with E-state index in [0.717, 1.165) is 57.7 Å². The number of carbonyl (C=O) groups excluding carboxylic acids is 1. The summed E-state index contributed by atoms with van der Waals surface area (Å²) in [5.74, 6) is 0.146. The molecular formula is C23H30ClN3OS. The van der Waals surface area contributed by atoms with Crippen LogP contribution in [0.4, 0.5) is 0 Å². The van der Waals surface area contributed by atoms with Gasteiger partial charge in [0.25, 0.3) is 5.91 Å². The average molecular weight is 432 g/mol. The van der Waals surface area contributed by atoms with E-state index in [1.165, 1.54) is 50.1 Å². The van der Waals surface area contributed by atoms with Crippen molar-refractivity contribution in [2.75, 3.05) is 26.2 Å². The summed E-state index contributed by atoms with van der Waals surface area (Å²) in [6.07, 6.45) is 7.57. The van der Waals surface area contributed by atoms with Gasteiger partial charge in [-0.25, -0.2) is 4.98 Å². The molecule has 0 saturated carbocycles. The molecule has 3 heterocycles. The highest BCUT2D eigenvalue weighted by Gasteiger charge is 2.29. The van der Waals surface area contributed by atoms with Crippen LogP contribution in [0.2, 0.25) is 5.02 Å². The fourth-order valence-electron chi connectivity index (χ4n) is 4.62. The number of aromatic nitrogens is 1. The largest absolute Gasteiger partial charge is 0.338 e. The van der Waals surface area contributed by atoms with Gasteiger partial charge in [-0.3, -0.25) is 4.79 Å². The normalized spacial score (nSPS) is 19.3. The van der Waals surface area contributed by atoms with Crippen molar-refractivity contribution in [2.45, 2.75) is 58.4 Å². The van der Waals surface area contributed by atoms with Crippen molar-refractivity contribution in [3.8, 4) is 10.6 Å². The predicted octanol–water partition coefficient (Wildman–Crippen LogP) is 5.56. The first-order valence-corrected chi connectivity index (χ1v) is 12.0. The van der Waals surface area contributed by atoms with Crippen LogP contribution < -0.4 is 0 Å². The molecule has 29 heavy (non-hydrogen) atoms. The van der Waals surface area contributed by atoms with Gasteiger partial charge in [0.1, 0.15) is 9.88 Å². The predicted molar refractivity (Wildman–Crippen MR) is 121 cm³/mol. The highest BCUT2D eigenvalue weighted by atomic mass is 35.5. The van der Waals surface area contributed by atoms with E-state index in [0.29, 0.717) is 6.04 Å². The number of piperidine rings is 1. The smallest absolute Gasteiger partial charge is 0.265 e. The SMILES string of the molecule is Cc1cc(Cl)ccc1-c1nc(C)c(C(=O)N2CCC(N3CCCCCC3)CC2)s1. The van der Waals surface area contributed by atoms with Crippen LogP contribution in [0, 0.1) is 13.8 Å². The van der Waals surface area contributed by atoms with Gasteiger partial charge in [0.05, 0.1) is 5.69 Å². The Hall–Kier alpha value is -1.43. The Balaban J connectivity index is 1.43. The molecule has 4 rings (SSSR count). The number of hydrogen-bond donors (Lipinski definition) is 0. The Morgan fingerprint density at radius 3 is 2.41 bits per heavy atom. The van der Waals surface area contributed by atoms with Crippen LogP contribution in [0.5, 0.6) is 0 Å². The number of benzene rings is 1. The molecular weight excluding hydrogens is 402 g/mol. The van der Waals surface area contributed by atoms with Crippen LogP contribution in [0.3, 0.4) is 0 Å². The Bertz CT molecular complexity index is 865. The Morgan fingerprint density at radius 1 is 1.07 bits per heavy atom. The first-order chi connectivity index (χ1) is 14.0. The van der Waals surface area contributed by atoms with E-state index in [-0.39, 0.29) is 5.91 Å². The maximum Gasteiger partial charge on any atom is 0.265 e. The van der Waals surface area contributed by atoms with E-state index in [1.54, 1.807) is 0 Å². The van der Waals surface area contributed by atoms with Gasteiger partial charge in [-0.2, -0.15) is 0 Å². The number of carbonyl (C=O) groups is 1. The number of nitrogens with zero attached hydrogens (tertiary/aromatic N) is 3. The molecule has 1 aromatic carbocycles. The lowest BCUT2D eigenvalue weighted by molar-refractivity contribution is 0.0626. The molecule has 0 N–H and O–H groups in total. The highest BCUT2D eigenvalue weighted by molar-refractivity contribution is 7.17. The number of amides is 1. The topological polar surface area (TPSA) is 36.4 Å². The van der Waals surface area contributed by atoms with E-state index in [2.05, 4.69) is 4.90 Å². The maximum absolute atomic E-state index is 13.2. The van der Waals surface area contributed by atoms with Crippen LogP contribution in [0.25, 0.3) is 10.6 Å². The third-order valence-electron chi connectivity index (χ3n) is 6.32. The van der Waals surface area contributed by atoms with E-state index in [1.807, 2.05) is 36.9 Å². The molecule has 2 saturated heterocycles. The van der Waals surface area contributed by atoms with E-state index >= 15 is 0 Å². The van der Waals surface area contributed by atoms with Gasteiger partial charge in [0, 0.05) is 29.7 Å². The van der Waals surface area contributed by atoms with Crippen LogP contribution in [0.1, 0.15) is 59.5 Å². The molecule has 1 amide bonds. The van der Waals surface area contributed by atoms with Gasteiger partial charge in [-0.1, -0.05) is 30.5 Å². The quantitative estimate of drug-likeness (QED) is 0.638. The lowest BCUT2D eigenvalue weighted by Gasteiger charge is -2.38. The molecule has 0 spiro atoms. The minimum atomic E-state index is 0.146. The van der Waals surface area contributed by atoms with Crippen molar-refractivity contribution in [3.05, 3.63) is 39.4 Å². The maximum atomic E-state index is 13.2. The lowest BCUT2D eigenvalue weighted by atomic mass is 10.0. The third-order valence-corrected chi connectivity index (χ3v) is 7.73. The Labute approximate surface area is 182 Å². The van der Waals surface area contributed by atoms with Gasteiger partial charge < -0.3 is 9.80 Å². The van der Waals surface area contributed by atoms with Gasteiger partial charge >= 0.3 is 0 Å². The number of hydrogen-bond acceptors (Lipinski definition) is 4. The Kier molecular flexibility index (Phi) is 6.57. The van der Waals surface area contributed by atoms with Crippen molar-refractivity contribution >= 4 is 28.8 Å². The molecule has 1 aromatic heterocycles. The van der Waals surface area contributed by atoms with Gasteiger partial charge in [0.15, 0.2) is 0 Å². The highest BCUT2D eigenvalue weighted by Crippen LogP contribution is 2.33. The molecule has 2 aliphatic rings. The van der Waals surface area contributed by atoms with Gasteiger partial charge in [0.2, 0.25) is 0 Å². The zero-order valence-electron chi connectivity index (χ0n) is 17.4. The number of likely N-dealkylation sites (tertiary alicyclic amines) is 2. The second-order valence-corrected chi connectivity index (χ2v) is 9.80. The van der Waals surface area contributed by atoms with Crippen LogP contribution >= 0.6 is 22.9 Å². The molecule has 2 aliphatic heterocycles. The molecule has 6 heteroatoms. The summed E-state index contributed by atoms with van der Waals surface area (Å²) < 4.78 is 0.